The molecule has 2 aromatic carbocycles. The molecular weight excluding hydrogens is 242 g/mol. The Morgan fingerprint density at radius 3 is 2.33 bits per heavy atom. The lowest BCUT2D eigenvalue weighted by Gasteiger charge is -2.21. The van der Waals surface area contributed by atoms with Crippen LogP contribution >= 0.6 is 11.6 Å². The van der Waals surface area contributed by atoms with Crippen LogP contribution in [-0.4, -0.2) is 0 Å². The topological polar surface area (TPSA) is 3.24 Å². The fraction of sp³-hybridized carbons (Fsp3) is 0.250. The van der Waals surface area contributed by atoms with Crippen molar-refractivity contribution in [3.05, 3.63) is 64.7 Å². The van der Waals surface area contributed by atoms with Crippen molar-refractivity contribution >= 4 is 17.3 Å². The standard InChI is InChI=1S/C16H16ClN/c1-12-6-7-16(15(8-12)9-17)18-10-13-4-2-3-5-14(13)11-18/h2-8H,9-11H2,1H3. The zero-order chi connectivity index (χ0) is 12.5. The predicted molar refractivity (Wildman–Crippen MR) is 77.1 cm³/mol. The van der Waals surface area contributed by atoms with E-state index in [4.69, 9.17) is 11.6 Å². The molecule has 0 unspecified atom stereocenters. The molecule has 92 valence electrons. The molecule has 0 aromatic heterocycles. The minimum atomic E-state index is 0.573. The number of alkyl halides is 1. The van der Waals surface area contributed by atoms with E-state index in [9.17, 15) is 0 Å². The zero-order valence-electron chi connectivity index (χ0n) is 10.5. The molecule has 0 fully saturated rings. The van der Waals surface area contributed by atoms with E-state index in [-0.39, 0.29) is 0 Å². The van der Waals surface area contributed by atoms with Crippen molar-refractivity contribution < 1.29 is 0 Å². The Hall–Kier alpha value is -1.47. The van der Waals surface area contributed by atoms with Gasteiger partial charge in [0, 0.05) is 24.7 Å². The number of aryl methyl sites for hydroxylation is 1. The van der Waals surface area contributed by atoms with Gasteiger partial charge in [0.25, 0.3) is 0 Å². The van der Waals surface area contributed by atoms with Crippen molar-refractivity contribution in [1.29, 1.82) is 0 Å². The molecule has 0 saturated heterocycles. The maximum atomic E-state index is 6.07. The minimum absolute atomic E-state index is 0.573. The zero-order valence-corrected chi connectivity index (χ0v) is 11.2. The Morgan fingerprint density at radius 2 is 1.72 bits per heavy atom. The molecular formula is C16H16ClN. The van der Waals surface area contributed by atoms with E-state index in [1.54, 1.807) is 0 Å². The Labute approximate surface area is 113 Å². The number of fused-ring (bicyclic) bond motifs is 1. The smallest absolute Gasteiger partial charge is 0.0494 e. The van der Waals surface area contributed by atoms with Crippen molar-refractivity contribution in [2.24, 2.45) is 0 Å². The average Bonchev–Trinajstić information content (AvgIpc) is 2.82. The lowest BCUT2D eigenvalue weighted by atomic mass is 10.1. The third-order valence-corrected chi connectivity index (χ3v) is 3.85. The van der Waals surface area contributed by atoms with Gasteiger partial charge in [-0.1, -0.05) is 42.0 Å². The largest absolute Gasteiger partial charge is 0.363 e. The van der Waals surface area contributed by atoms with Gasteiger partial charge < -0.3 is 4.90 Å². The van der Waals surface area contributed by atoms with Crippen LogP contribution in [0.4, 0.5) is 5.69 Å². The SMILES string of the molecule is Cc1ccc(N2Cc3ccccc3C2)c(CCl)c1. The molecule has 3 rings (SSSR count). The Morgan fingerprint density at radius 1 is 1.06 bits per heavy atom. The Bertz CT molecular complexity index is 552. The molecule has 0 saturated carbocycles. The molecule has 1 aliphatic rings. The monoisotopic (exact) mass is 257 g/mol. The number of benzene rings is 2. The maximum Gasteiger partial charge on any atom is 0.0494 e. The summed E-state index contributed by atoms with van der Waals surface area (Å²) < 4.78 is 0. The highest BCUT2D eigenvalue weighted by atomic mass is 35.5. The van der Waals surface area contributed by atoms with Crippen LogP contribution in [0.5, 0.6) is 0 Å². The molecule has 2 aromatic rings. The van der Waals surface area contributed by atoms with E-state index in [1.807, 2.05) is 0 Å². The Kier molecular flexibility index (Phi) is 3.00. The van der Waals surface area contributed by atoms with Crippen LogP contribution < -0.4 is 4.90 Å². The molecule has 0 bridgehead atoms. The summed E-state index contributed by atoms with van der Waals surface area (Å²) in [6.07, 6.45) is 0. The van der Waals surface area contributed by atoms with Gasteiger partial charge in [-0.25, -0.2) is 0 Å². The number of hydrogen-bond acceptors (Lipinski definition) is 1. The first-order valence-electron chi connectivity index (χ1n) is 6.25. The fourth-order valence-electron chi connectivity index (χ4n) is 2.63. The van der Waals surface area contributed by atoms with Crippen LogP contribution in [0.3, 0.4) is 0 Å². The van der Waals surface area contributed by atoms with Gasteiger partial charge >= 0.3 is 0 Å². The third kappa shape index (κ3) is 1.99. The number of halogens is 1. The van der Waals surface area contributed by atoms with Gasteiger partial charge in [-0.15, -0.1) is 11.6 Å². The lowest BCUT2D eigenvalue weighted by Crippen LogP contribution is -2.16. The summed E-state index contributed by atoms with van der Waals surface area (Å²) in [4.78, 5) is 2.40. The highest BCUT2D eigenvalue weighted by molar-refractivity contribution is 6.17. The maximum absolute atomic E-state index is 6.07. The quantitative estimate of drug-likeness (QED) is 0.727. The summed E-state index contributed by atoms with van der Waals surface area (Å²) in [5, 5.41) is 0. The highest BCUT2D eigenvalue weighted by Crippen LogP contribution is 2.31. The van der Waals surface area contributed by atoms with Crippen molar-refractivity contribution in [2.75, 3.05) is 4.90 Å². The molecule has 0 atom stereocenters. The van der Waals surface area contributed by atoms with Gasteiger partial charge in [-0.2, -0.15) is 0 Å². The van der Waals surface area contributed by atoms with Crippen molar-refractivity contribution in [3.8, 4) is 0 Å². The van der Waals surface area contributed by atoms with Crippen LogP contribution in [0.1, 0.15) is 22.3 Å². The molecule has 2 heteroatoms. The van der Waals surface area contributed by atoms with Gasteiger partial charge in [0.2, 0.25) is 0 Å². The molecule has 0 aliphatic carbocycles. The lowest BCUT2D eigenvalue weighted by molar-refractivity contribution is 0.873. The summed E-state index contributed by atoms with van der Waals surface area (Å²) in [5.74, 6) is 0.573. The molecule has 0 amide bonds. The molecule has 1 nitrogen and oxygen atoms in total. The average molecular weight is 258 g/mol. The van der Waals surface area contributed by atoms with Crippen LogP contribution in [0.15, 0.2) is 42.5 Å². The first-order valence-corrected chi connectivity index (χ1v) is 6.78. The molecule has 0 radical (unpaired) electrons. The number of rotatable bonds is 2. The van der Waals surface area contributed by atoms with Gasteiger partial charge in [0.1, 0.15) is 0 Å². The van der Waals surface area contributed by atoms with Gasteiger partial charge in [0.15, 0.2) is 0 Å². The summed E-state index contributed by atoms with van der Waals surface area (Å²) in [5.41, 5.74) is 6.62. The minimum Gasteiger partial charge on any atom is -0.363 e. The molecule has 1 aliphatic heterocycles. The second kappa shape index (κ2) is 4.66. The van der Waals surface area contributed by atoms with Gasteiger partial charge in [0.05, 0.1) is 0 Å². The van der Waals surface area contributed by atoms with Crippen molar-refractivity contribution in [2.45, 2.75) is 25.9 Å². The third-order valence-electron chi connectivity index (χ3n) is 3.56. The van der Waals surface area contributed by atoms with Gasteiger partial charge in [-0.05, 0) is 29.7 Å². The second-order valence-corrected chi connectivity index (χ2v) is 5.16. The summed E-state index contributed by atoms with van der Waals surface area (Å²) in [7, 11) is 0. The van der Waals surface area contributed by atoms with Crippen molar-refractivity contribution in [3.63, 3.8) is 0 Å². The number of anilines is 1. The second-order valence-electron chi connectivity index (χ2n) is 4.89. The van der Waals surface area contributed by atoms with E-state index in [1.165, 1.54) is 27.9 Å². The Balaban J connectivity index is 1.95. The van der Waals surface area contributed by atoms with E-state index in [2.05, 4.69) is 54.3 Å². The van der Waals surface area contributed by atoms with E-state index >= 15 is 0 Å². The molecule has 0 spiro atoms. The first kappa shape index (κ1) is 11.6. The van der Waals surface area contributed by atoms with Crippen LogP contribution in [0, 0.1) is 6.92 Å². The van der Waals surface area contributed by atoms with E-state index in [0.29, 0.717) is 5.88 Å². The number of nitrogens with zero attached hydrogens (tertiary/aromatic N) is 1. The van der Waals surface area contributed by atoms with E-state index < -0.39 is 0 Å². The summed E-state index contributed by atoms with van der Waals surface area (Å²) in [6, 6.07) is 15.2. The molecule has 1 heterocycles. The van der Waals surface area contributed by atoms with Crippen LogP contribution in [0.25, 0.3) is 0 Å². The molecule has 18 heavy (non-hydrogen) atoms. The van der Waals surface area contributed by atoms with Gasteiger partial charge in [-0.3, -0.25) is 0 Å². The molecule has 0 N–H and O–H groups in total. The fourth-order valence-corrected chi connectivity index (χ4v) is 2.85. The van der Waals surface area contributed by atoms with Crippen LogP contribution in [-0.2, 0) is 19.0 Å². The number of hydrogen-bond donors (Lipinski definition) is 0. The van der Waals surface area contributed by atoms with Crippen molar-refractivity contribution in [1.82, 2.24) is 0 Å². The van der Waals surface area contributed by atoms with Crippen LogP contribution in [0.2, 0.25) is 0 Å². The first-order chi connectivity index (χ1) is 8.78. The van der Waals surface area contributed by atoms with E-state index in [0.717, 1.165) is 13.1 Å². The summed E-state index contributed by atoms with van der Waals surface area (Å²) in [6.45, 7) is 4.09. The predicted octanol–water partition coefficient (Wildman–Crippen LogP) is 4.25. The highest BCUT2D eigenvalue weighted by Gasteiger charge is 2.20. The normalized spacial score (nSPS) is 13.8. The summed E-state index contributed by atoms with van der Waals surface area (Å²) >= 11 is 6.07.